The highest BCUT2D eigenvalue weighted by Gasteiger charge is 2.34. The number of benzene rings is 2. The quantitative estimate of drug-likeness (QED) is 0.675. The van der Waals surface area contributed by atoms with Crippen LogP contribution in [0.4, 0.5) is 0 Å². The van der Waals surface area contributed by atoms with Crippen LogP contribution < -0.4 is 0 Å². The molecule has 0 spiro atoms. The Balaban J connectivity index is 2.22. The van der Waals surface area contributed by atoms with Crippen LogP contribution in [0.15, 0.2) is 60.7 Å². The molecule has 2 aromatic carbocycles. The average molecular weight is 258 g/mol. The molecule has 2 rings (SSSR count). The third kappa shape index (κ3) is 2.99. The van der Waals surface area contributed by atoms with Gasteiger partial charge in [-0.05, 0) is 24.3 Å². The molecule has 1 N–H and O–H groups in total. The molecule has 4 nitrogen and oxygen atoms in total. The molecule has 0 aromatic heterocycles. The number of hydrogen-bond donors (Lipinski definition) is 1. The van der Waals surface area contributed by atoms with Crippen LogP contribution in [0.1, 0.15) is 15.9 Å². The van der Waals surface area contributed by atoms with Crippen molar-refractivity contribution in [1.82, 2.24) is 0 Å². The molecule has 0 saturated carbocycles. The number of ether oxygens (including phenoxy) is 2. The van der Waals surface area contributed by atoms with Gasteiger partial charge in [0.2, 0.25) is 0 Å². The highest BCUT2D eigenvalue weighted by Crippen LogP contribution is 2.24. The maximum absolute atomic E-state index is 11.9. The van der Waals surface area contributed by atoms with Gasteiger partial charge in [-0.15, -0.1) is 0 Å². The standard InChI is InChI=1S/C15H14O4/c1-18-15(17,13-10-6-3-7-11-13)19-14(16)12-8-4-2-5-9-12/h2-11,17H,1H3. The van der Waals surface area contributed by atoms with Gasteiger partial charge in [0.15, 0.2) is 0 Å². The lowest BCUT2D eigenvalue weighted by molar-refractivity contribution is -0.334. The molecule has 4 heteroatoms. The van der Waals surface area contributed by atoms with Gasteiger partial charge in [-0.1, -0.05) is 36.4 Å². The monoisotopic (exact) mass is 258 g/mol. The molecule has 0 heterocycles. The van der Waals surface area contributed by atoms with E-state index in [0.29, 0.717) is 11.1 Å². The fraction of sp³-hybridized carbons (Fsp3) is 0.133. The van der Waals surface area contributed by atoms with Gasteiger partial charge in [0.05, 0.1) is 11.1 Å². The van der Waals surface area contributed by atoms with E-state index in [1.807, 2.05) is 0 Å². The van der Waals surface area contributed by atoms with E-state index in [0.717, 1.165) is 0 Å². The first kappa shape index (κ1) is 13.3. The second-order valence-corrected chi connectivity index (χ2v) is 3.91. The van der Waals surface area contributed by atoms with Gasteiger partial charge in [-0.2, -0.15) is 0 Å². The number of carbonyl (C=O) groups is 1. The van der Waals surface area contributed by atoms with Crippen LogP contribution >= 0.6 is 0 Å². The minimum Gasteiger partial charge on any atom is -0.400 e. The number of rotatable bonds is 4. The summed E-state index contributed by atoms with van der Waals surface area (Å²) >= 11 is 0. The highest BCUT2D eigenvalue weighted by molar-refractivity contribution is 5.89. The van der Waals surface area contributed by atoms with E-state index in [9.17, 15) is 9.90 Å². The van der Waals surface area contributed by atoms with Gasteiger partial charge in [-0.25, -0.2) is 4.79 Å². The zero-order valence-electron chi connectivity index (χ0n) is 10.4. The summed E-state index contributed by atoms with van der Waals surface area (Å²) in [5.41, 5.74) is 0.690. The summed E-state index contributed by atoms with van der Waals surface area (Å²) < 4.78 is 9.98. The third-order valence-electron chi connectivity index (χ3n) is 2.66. The zero-order valence-corrected chi connectivity index (χ0v) is 10.4. The fourth-order valence-corrected chi connectivity index (χ4v) is 1.63. The zero-order chi connectivity index (χ0) is 13.7. The minimum absolute atomic E-state index is 0.342. The lowest BCUT2D eigenvalue weighted by atomic mass is 10.2. The van der Waals surface area contributed by atoms with Gasteiger partial charge < -0.3 is 14.6 Å². The van der Waals surface area contributed by atoms with E-state index >= 15 is 0 Å². The Morgan fingerprint density at radius 3 is 2.05 bits per heavy atom. The van der Waals surface area contributed by atoms with Crippen molar-refractivity contribution in [3.8, 4) is 0 Å². The summed E-state index contributed by atoms with van der Waals surface area (Å²) in [6, 6.07) is 16.9. The number of carbonyl (C=O) groups excluding carboxylic acids is 1. The van der Waals surface area contributed by atoms with Crippen LogP contribution in [0.25, 0.3) is 0 Å². The van der Waals surface area contributed by atoms with Crippen molar-refractivity contribution in [2.45, 2.75) is 5.97 Å². The van der Waals surface area contributed by atoms with E-state index in [1.54, 1.807) is 60.7 Å². The maximum Gasteiger partial charge on any atom is 0.355 e. The van der Waals surface area contributed by atoms with Gasteiger partial charge in [0, 0.05) is 7.11 Å². The molecule has 98 valence electrons. The molecule has 1 unspecified atom stereocenters. The van der Waals surface area contributed by atoms with E-state index in [2.05, 4.69) is 0 Å². The van der Waals surface area contributed by atoms with E-state index in [-0.39, 0.29) is 0 Å². The summed E-state index contributed by atoms with van der Waals surface area (Å²) in [7, 11) is 1.27. The van der Waals surface area contributed by atoms with Crippen molar-refractivity contribution in [3.05, 3.63) is 71.8 Å². The maximum atomic E-state index is 11.9. The van der Waals surface area contributed by atoms with Crippen LogP contribution in [0.3, 0.4) is 0 Å². The summed E-state index contributed by atoms with van der Waals surface area (Å²) in [6.45, 7) is 0. The molecule has 0 aliphatic carbocycles. The molecule has 0 saturated heterocycles. The van der Waals surface area contributed by atoms with E-state index in [1.165, 1.54) is 7.11 Å². The summed E-state index contributed by atoms with van der Waals surface area (Å²) in [5.74, 6) is -2.75. The van der Waals surface area contributed by atoms with Crippen LogP contribution in [-0.4, -0.2) is 18.2 Å². The summed E-state index contributed by atoms with van der Waals surface area (Å²) in [6.07, 6.45) is 0. The molecule has 0 aliphatic rings. The van der Waals surface area contributed by atoms with E-state index < -0.39 is 11.9 Å². The van der Waals surface area contributed by atoms with Gasteiger partial charge in [-0.3, -0.25) is 0 Å². The van der Waals surface area contributed by atoms with Crippen molar-refractivity contribution in [3.63, 3.8) is 0 Å². The van der Waals surface area contributed by atoms with Crippen LogP contribution in [0.5, 0.6) is 0 Å². The van der Waals surface area contributed by atoms with Crippen molar-refractivity contribution in [2.24, 2.45) is 0 Å². The topological polar surface area (TPSA) is 55.8 Å². The molecule has 0 fully saturated rings. The predicted octanol–water partition coefficient (Wildman–Crippen LogP) is 2.29. The molecule has 0 radical (unpaired) electrons. The molecular formula is C15H14O4. The van der Waals surface area contributed by atoms with Gasteiger partial charge >= 0.3 is 11.9 Å². The Labute approximate surface area is 111 Å². The number of esters is 1. The molecule has 1 atom stereocenters. The van der Waals surface area contributed by atoms with Crippen molar-refractivity contribution >= 4 is 5.97 Å². The molecule has 2 aromatic rings. The Morgan fingerprint density at radius 1 is 1.00 bits per heavy atom. The smallest absolute Gasteiger partial charge is 0.355 e. The SMILES string of the molecule is COC(O)(OC(=O)c1ccccc1)c1ccccc1. The second kappa shape index (κ2) is 5.65. The number of aliphatic hydroxyl groups is 1. The first-order valence-electron chi connectivity index (χ1n) is 5.77. The average Bonchev–Trinajstić information content (AvgIpc) is 2.49. The Morgan fingerprint density at radius 2 is 1.53 bits per heavy atom. The molecular weight excluding hydrogens is 244 g/mol. The fourth-order valence-electron chi connectivity index (χ4n) is 1.63. The number of hydrogen-bond acceptors (Lipinski definition) is 4. The lowest BCUT2D eigenvalue weighted by Gasteiger charge is -2.25. The highest BCUT2D eigenvalue weighted by atomic mass is 16.8. The number of methoxy groups -OCH3 is 1. The van der Waals surface area contributed by atoms with Crippen molar-refractivity contribution < 1.29 is 19.4 Å². The molecule has 0 aliphatic heterocycles. The molecule has 0 bridgehead atoms. The Kier molecular flexibility index (Phi) is 3.94. The second-order valence-electron chi connectivity index (χ2n) is 3.91. The lowest BCUT2D eigenvalue weighted by Crippen LogP contribution is -2.34. The minimum atomic E-state index is -2.09. The van der Waals surface area contributed by atoms with Crippen molar-refractivity contribution in [2.75, 3.05) is 7.11 Å². The normalized spacial score (nSPS) is 13.6. The molecule has 0 amide bonds. The van der Waals surface area contributed by atoms with Crippen LogP contribution in [0, 0.1) is 0 Å². The van der Waals surface area contributed by atoms with Gasteiger partial charge in [0.25, 0.3) is 0 Å². The van der Waals surface area contributed by atoms with Crippen LogP contribution in [0.2, 0.25) is 0 Å². The first-order valence-corrected chi connectivity index (χ1v) is 5.77. The van der Waals surface area contributed by atoms with E-state index in [4.69, 9.17) is 9.47 Å². The van der Waals surface area contributed by atoms with Crippen molar-refractivity contribution in [1.29, 1.82) is 0 Å². The van der Waals surface area contributed by atoms with Crippen LogP contribution in [-0.2, 0) is 15.4 Å². The summed E-state index contributed by atoms with van der Waals surface area (Å²) in [4.78, 5) is 11.9. The Bertz CT molecular complexity index is 539. The Hall–Kier alpha value is -2.17. The van der Waals surface area contributed by atoms with Gasteiger partial charge in [0.1, 0.15) is 0 Å². The third-order valence-corrected chi connectivity index (χ3v) is 2.66. The molecule has 19 heavy (non-hydrogen) atoms. The summed E-state index contributed by atoms with van der Waals surface area (Å²) in [5, 5.41) is 10.3. The predicted molar refractivity (Wildman–Crippen MR) is 69.2 cm³/mol. The largest absolute Gasteiger partial charge is 0.400 e. The first-order chi connectivity index (χ1) is 9.15.